The van der Waals surface area contributed by atoms with Crippen LogP contribution in [0.1, 0.15) is 143 Å². The zero-order valence-corrected chi connectivity index (χ0v) is 39.0. The molecule has 0 rings (SSSR count). The molecule has 16 nitrogen and oxygen atoms in total. The molecule has 0 aromatic carbocycles. The Hall–Kier alpha value is -2.30. The molecule has 0 aliphatic carbocycles. The van der Waals surface area contributed by atoms with Crippen molar-refractivity contribution in [3.05, 3.63) is 60.8 Å². The quantitative estimate of drug-likeness (QED) is 0.0101. The molecule has 18 heteroatoms. The smallest absolute Gasteiger partial charge is 0.462 e. The molecule has 0 aromatic heterocycles. The van der Waals surface area contributed by atoms with Crippen molar-refractivity contribution in [3.8, 4) is 0 Å². The van der Waals surface area contributed by atoms with E-state index >= 15 is 0 Å². The second-order valence-electron chi connectivity index (χ2n) is 15.6. The van der Waals surface area contributed by atoms with Gasteiger partial charge in [0.15, 0.2) is 6.10 Å². The maximum atomic E-state index is 12.7. The maximum Gasteiger partial charge on any atom is 0.472 e. The van der Waals surface area contributed by atoms with Gasteiger partial charge in [-0.15, -0.1) is 0 Å². The van der Waals surface area contributed by atoms with Crippen LogP contribution in [0, 0.1) is 5.92 Å². The number of rotatable bonds is 40. The fourth-order valence-corrected chi connectivity index (χ4v) is 6.85. The third-order valence-electron chi connectivity index (χ3n) is 9.18. The van der Waals surface area contributed by atoms with Crippen LogP contribution in [0.25, 0.3) is 0 Å². The molecule has 0 fully saturated rings. The van der Waals surface area contributed by atoms with Crippen LogP contribution in [0.4, 0.5) is 0 Å². The summed E-state index contributed by atoms with van der Waals surface area (Å²) in [7, 11) is -9.79. The number of unbranched alkanes of at least 4 members (excludes halogenated alkanes) is 11. The molecule has 0 saturated heterocycles. The number of hydrogen-bond donors (Lipinski definition) is 7. The molecule has 0 aliphatic heterocycles. The van der Waals surface area contributed by atoms with Gasteiger partial charge in [-0.05, 0) is 38.0 Å². The first-order valence-corrected chi connectivity index (χ1v) is 25.2. The monoisotopic (exact) mass is 924 g/mol. The SMILES string of the molecule is CC/C=C\C[C@@H](O)/C=C/C=C/C=C\C=C/[C@H](O)[C@@H](O)CCCC(=O)OC[C@H](COP(=O)(O)OC[C@@H](O)COP(=O)(O)O)OC(=O)CCCCCCCCCCCCCCC(C)C. The molecule has 0 heterocycles. The summed E-state index contributed by atoms with van der Waals surface area (Å²) in [5.74, 6) is -0.594. The number of carbonyl (C=O) groups is 2. The van der Waals surface area contributed by atoms with Crippen molar-refractivity contribution in [1.82, 2.24) is 0 Å². The van der Waals surface area contributed by atoms with Crippen LogP contribution >= 0.6 is 15.6 Å². The summed E-state index contributed by atoms with van der Waals surface area (Å²) in [6, 6.07) is 0. The third-order valence-corrected chi connectivity index (χ3v) is 10.6. The van der Waals surface area contributed by atoms with Crippen molar-refractivity contribution in [3.63, 3.8) is 0 Å². The summed E-state index contributed by atoms with van der Waals surface area (Å²) in [5, 5.41) is 40.2. The zero-order valence-electron chi connectivity index (χ0n) is 37.2. The van der Waals surface area contributed by atoms with Crippen LogP contribution < -0.4 is 0 Å². The van der Waals surface area contributed by atoms with Crippen molar-refractivity contribution >= 4 is 27.6 Å². The lowest BCUT2D eigenvalue weighted by molar-refractivity contribution is -0.161. The van der Waals surface area contributed by atoms with Crippen molar-refractivity contribution in [1.29, 1.82) is 0 Å². The van der Waals surface area contributed by atoms with Gasteiger partial charge in [0, 0.05) is 12.8 Å². The lowest BCUT2D eigenvalue weighted by Gasteiger charge is -2.20. The van der Waals surface area contributed by atoms with Gasteiger partial charge in [-0.2, -0.15) is 0 Å². The Morgan fingerprint density at radius 2 is 1.10 bits per heavy atom. The summed E-state index contributed by atoms with van der Waals surface area (Å²) in [6.07, 6.45) is 27.4. The molecule has 0 spiro atoms. The van der Waals surface area contributed by atoms with E-state index in [4.69, 9.17) is 23.8 Å². The summed E-state index contributed by atoms with van der Waals surface area (Å²) >= 11 is 0. The predicted molar refractivity (Wildman–Crippen MR) is 239 cm³/mol. The summed E-state index contributed by atoms with van der Waals surface area (Å²) in [5.41, 5.74) is 0. The van der Waals surface area contributed by atoms with Gasteiger partial charge >= 0.3 is 27.6 Å². The number of hydrogen-bond acceptors (Lipinski definition) is 13. The van der Waals surface area contributed by atoms with E-state index in [0.29, 0.717) is 12.8 Å². The number of aliphatic hydroxyl groups excluding tert-OH is 4. The average molecular weight is 925 g/mol. The second kappa shape index (κ2) is 38.0. The van der Waals surface area contributed by atoms with Crippen molar-refractivity contribution in [2.75, 3.05) is 26.4 Å². The molecular weight excluding hydrogens is 846 g/mol. The van der Waals surface area contributed by atoms with Crippen LogP contribution in [-0.2, 0) is 41.8 Å². The minimum absolute atomic E-state index is 0.0566. The van der Waals surface area contributed by atoms with Gasteiger partial charge in [0.25, 0.3) is 0 Å². The Balaban J connectivity index is 4.82. The maximum absolute atomic E-state index is 12.7. The van der Waals surface area contributed by atoms with Gasteiger partial charge in [0.2, 0.25) is 0 Å². The topological polar surface area (TPSA) is 256 Å². The zero-order chi connectivity index (χ0) is 46.5. The highest BCUT2D eigenvalue weighted by Gasteiger charge is 2.28. The van der Waals surface area contributed by atoms with Crippen molar-refractivity contribution < 1.29 is 76.9 Å². The number of phosphoric ester groups is 2. The highest BCUT2D eigenvalue weighted by molar-refractivity contribution is 7.47. The number of allylic oxidation sites excluding steroid dienone is 7. The first kappa shape index (κ1) is 59.7. The molecule has 0 bridgehead atoms. The fourth-order valence-electron chi connectivity index (χ4n) is 5.70. The van der Waals surface area contributed by atoms with Gasteiger partial charge in [0.05, 0.1) is 38.1 Å². The van der Waals surface area contributed by atoms with E-state index in [9.17, 15) is 44.0 Å². The van der Waals surface area contributed by atoms with Crippen LogP contribution in [0.2, 0.25) is 0 Å². The predicted octanol–water partition coefficient (Wildman–Crippen LogP) is 8.00. The van der Waals surface area contributed by atoms with Crippen molar-refractivity contribution in [2.45, 2.75) is 173 Å². The molecular formula is C44H78O16P2. The summed E-state index contributed by atoms with van der Waals surface area (Å²) < 4.78 is 47.5. The van der Waals surface area contributed by atoms with Gasteiger partial charge in [-0.1, -0.05) is 159 Å². The largest absolute Gasteiger partial charge is 0.472 e. The van der Waals surface area contributed by atoms with Crippen LogP contribution in [0.3, 0.4) is 0 Å². The lowest BCUT2D eigenvalue weighted by Crippen LogP contribution is -2.30. The van der Waals surface area contributed by atoms with Gasteiger partial charge in [-0.3, -0.25) is 23.2 Å². The van der Waals surface area contributed by atoms with E-state index in [2.05, 4.69) is 22.9 Å². The molecule has 6 atom stereocenters. The average Bonchev–Trinajstić information content (AvgIpc) is 3.20. The lowest BCUT2D eigenvalue weighted by atomic mass is 10.0. The molecule has 62 heavy (non-hydrogen) atoms. The first-order valence-electron chi connectivity index (χ1n) is 22.2. The van der Waals surface area contributed by atoms with E-state index in [-0.39, 0.29) is 25.7 Å². The first-order chi connectivity index (χ1) is 29.4. The fraction of sp³-hybridized carbons (Fsp3) is 0.727. The molecule has 7 N–H and O–H groups in total. The Kier molecular flexibility index (Phi) is 36.6. The molecule has 0 aromatic rings. The summed E-state index contributed by atoms with van der Waals surface area (Å²) in [6.45, 7) is 3.47. The van der Waals surface area contributed by atoms with Gasteiger partial charge in [0.1, 0.15) is 12.7 Å². The molecule has 360 valence electrons. The Labute approximate surface area is 370 Å². The molecule has 0 saturated carbocycles. The van der Waals surface area contributed by atoms with E-state index < -0.39 is 84.5 Å². The van der Waals surface area contributed by atoms with Crippen LogP contribution in [-0.4, -0.2) is 104 Å². The number of ether oxygens (including phenoxy) is 2. The van der Waals surface area contributed by atoms with Crippen molar-refractivity contribution in [2.24, 2.45) is 5.92 Å². The highest BCUT2D eigenvalue weighted by Crippen LogP contribution is 2.43. The summed E-state index contributed by atoms with van der Waals surface area (Å²) in [4.78, 5) is 52.8. The molecule has 0 radical (unpaired) electrons. The molecule has 0 aliphatic rings. The minimum Gasteiger partial charge on any atom is -0.462 e. The minimum atomic E-state index is -4.90. The normalized spacial score (nSPS) is 16.2. The van der Waals surface area contributed by atoms with E-state index in [0.717, 1.165) is 38.0 Å². The third kappa shape index (κ3) is 40.5. The molecule has 0 amide bonds. The second-order valence-corrected chi connectivity index (χ2v) is 18.3. The number of esters is 2. The van der Waals surface area contributed by atoms with Gasteiger partial charge in [-0.25, -0.2) is 9.13 Å². The molecule has 1 unspecified atom stereocenters. The van der Waals surface area contributed by atoms with Crippen LogP contribution in [0.5, 0.6) is 0 Å². The Morgan fingerprint density at radius 1 is 0.581 bits per heavy atom. The standard InChI is InChI=1S/C44H78O16P2/c1-4-5-20-27-38(45)28-22-17-14-15-18-23-29-41(47)42(48)30-25-32-43(49)56-35-40(36-59-62(54,55)58-34-39(46)33-57-61(51,52)53)60-44(50)31-24-19-13-11-9-7-6-8-10-12-16-21-26-37(2)3/h5,14-15,17-18,20,22-23,28-29,37-42,45-48H,4,6-13,16,19,21,24-27,30-36H2,1-3H3,(H,54,55)(H2,51,52,53)/b17-14+,18-15-,20-5-,28-22+,29-23-/t38-,39+,40-,41+,42+/m1/s1. The van der Waals surface area contributed by atoms with E-state index in [1.807, 2.05) is 19.1 Å². The Morgan fingerprint density at radius 3 is 1.68 bits per heavy atom. The van der Waals surface area contributed by atoms with Crippen LogP contribution in [0.15, 0.2) is 60.8 Å². The van der Waals surface area contributed by atoms with E-state index in [1.165, 1.54) is 57.4 Å². The number of carbonyl (C=O) groups excluding carboxylic acids is 2. The highest BCUT2D eigenvalue weighted by atomic mass is 31.2. The number of aliphatic hydroxyl groups is 4. The number of phosphoric acid groups is 2. The van der Waals surface area contributed by atoms with Gasteiger partial charge < -0.3 is 44.6 Å². The van der Waals surface area contributed by atoms with E-state index in [1.54, 1.807) is 42.5 Å². The Bertz CT molecular complexity index is 1390.